The summed E-state index contributed by atoms with van der Waals surface area (Å²) in [5.41, 5.74) is 0.899. The lowest BCUT2D eigenvalue weighted by atomic mass is 10.4. The average molecular weight is 521 g/mol. The van der Waals surface area contributed by atoms with Crippen LogP contribution in [0.3, 0.4) is 0 Å². The van der Waals surface area contributed by atoms with Crippen molar-refractivity contribution in [3.05, 3.63) is 44.0 Å². The fourth-order valence-electron chi connectivity index (χ4n) is 2.02. The molecule has 0 aliphatic heterocycles. The summed E-state index contributed by atoms with van der Waals surface area (Å²) in [6.07, 6.45) is 7.72. The normalized spacial score (nSPS) is 10.8. The van der Waals surface area contributed by atoms with Gasteiger partial charge in [0.1, 0.15) is 28.0 Å². The number of hydrogen-bond donors (Lipinski definition) is 0. The van der Waals surface area contributed by atoms with Gasteiger partial charge in [0.25, 0.3) is 5.91 Å². The van der Waals surface area contributed by atoms with E-state index in [-0.39, 0.29) is 5.91 Å². The molecule has 0 saturated heterocycles. The number of aldehydes is 1. The Morgan fingerprint density at radius 2 is 1.73 bits per heavy atom. The number of halogens is 2. The molecule has 0 aliphatic rings. The van der Waals surface area contributed by atoms with Crippen molar-refractivity contribution in [2.45, 2.75) is 0 Å². The summed E-state index contributed by atoms with van der Waals surface area (Å²) < 4.78 is 5.57. The zero-order valence-corrected chi connectivity index (χ0v) is 18.2. The lowest BCUT2D eigenvalue weighted by molar-refractivity contribution is -0.0758. The van der Waals surface area contributed by atoms with Gasteiger partial charge in [0.2, 0.25) is 0 Å². The van der Waals surface area contributed by atoms with E-state index in [2.05, 4.69) is 41.8 Å². The molecule has 4 aromatic rings. The Morgan fingerprint density at radius 3 is 2.35 bits per heavy atom. The molecule has 0 radical (unpaired) electrons. The highest BCUT2D eigenvalue weighted by Gasteiger charge is 2.19. The van der Waals surface area contributed by atoms with Crippen LogP contribution < -0.4 is 0 Å². The second-order valence-electron chi connectivity index (χ2n) is 4.82. The minimum Gasteiger partial charge on any atom is -0.296 e. The fourth-order valence-corrected chi connectivity index (χ4v) is 4.94. The zero-order valence-electron chi connectivity index (χ0n) is 13.4. The minimum atomic E-state index is -0.255. The van der Waals surface area contributed by atoms with Crippen LogP contribution in [0.15, 0.2) is 32.6 Å². The number of amides is 1. The molecule has 0 aliphatic carbocycles. The first kappa shape index (κ1) is 19.2. The molecular weight excluding hydrogens is 510 g/mol. The first-order valence-corrected chi connectivity index (χ1v) is 10.2. The van der Waals surface area contributed by atoms with Crippen molar-refractivity contribution in [3.8, 4) is 0 Å². The Bertz CT molecular complexity index is 1080. The molecule has 0 N–H and O–H groups in total. The maximum atomic E-state index is 11.8. The largest absolute Gasteiger partial charge is 0.298 e. The lowest BCUT2D eigenvalue weighted by Crippen LogP contribution is -2.25. The number of fused-ring (bicyclic) bond motifs is 2. The molecule has 4 heterocycles. The average Bonchev–Trinajstić information content (AvgIpc) is 3.34. The number of imidazole rings is 2. The van der Waals surface area contributed by atoms with Gasteiger partial charge in [0, 0.05) is 19.4 Å². The van der Waals surface area contributed by atoms with Crippen molar-refractivity contribution in [2.24, 2.45) is 0 Å². The van der Waals surface area contributed by atoms with Crippen molar-refractivity contribution >= 4 is 76.4 Å². The molecule has 12 heteroatoms. The Labute approximate surface area is 172 Å². The molecule has 0 bridgehead atoms. The van der Waals surface area contributed by atoms with E-state index in [1.165, 1.54) is 29.8 Å². The lowest BCUT2D eigenvalue weighted by Gasteiger charge is -2.11. The quantitative estimate of drug-likeness (QED) is 0.303. The molecule has 0 spiro atoms. The van der Waals surface area contributed by atoms with Gasteiger partial charge in [-0.05, 0) is 31.9 Å². The SMILES string of the molecule is CON(C)C(=O)c1ncn2cc(Br)sc12.O=Cc1ncn2cc(Br)sc12. The summed E-state index contributed by atoms with van der Waals surface area (Å²) in [6.45, 7) is 0. The Kier molecular flexibility index (Phi) is 5.87. The van der Waals surface area contributed by atoms with Crippen LogP contribution in [0.5, 0.6) is 0 Å². The van der Waals surface area contributed by atoms with E-state index < -0.39 is 0 Å². The molecule has 0 fully saturated rings. The second kappa shape index (κ2) is 7.96. The van der Waals surface area contributed by atoms with Gasteiger partial charge in [0.05, 0.1) is 14.7 Å². The summed E-state index contributed by atoms with van der Waals surface area (Å²) in [5.74, 6) is -0.255. The molecule has 8 nitrogen and oxygen atoms in total. The maximum absolute atomic E-state index is 11.8. The summed E-state index contributed by atoms with van der Waals surface area (Å²) in [5, 5.41) is 1.15. The van der Waals surface area contributed by atoms with Crippen LogP contribution >= 0.6 is 54.5 Å². The van der Waals surface area contributed by atoms with Gasteiger partial charge in [0.15, 0.2) is 12.0 Å². The number of nitrogens with zero attached hydrogens (tertiary/aromatic N) is 5. The number of thiazole rings is 2. The highest BCUT2D eigenvalue weighted by Crippen LogP contribution is 2.26. The molecule has 4 aromatic heterocycles. The number of aromatic nitrogens is 4. The van der Waals surface area contributed by atoms with E-state index in [0.717, 1.165) is 28.6 Å². The summed E-state index contributed by atoms with van der Waals surface area (Å²) in [6, 6.07) is 0. The molecule has 0 atom stereocenters. The third kappa shape index (κ3) is 3.74. The number of hydroxylamine groups is 2. The topological polar surface area (TPSA) is 81.2 Å². The van der Waals surface area contributed by atoms with Crippen LogP contribution in [0.2, 0.25) is 0 Å². The van der Waals surface area contributed by atoms with Crippen molar-refractivity contribution in [3.63, 3.8) is 0 Å². The number of rotatable bonds is 3. The zero-order chi connectivity index (χ0) is 18.8. The Hall–Kier alpha value is -1.60. The summed E-state index contributed by atoms with van der Waals surface area (Å²) in [4.78, 5) is 36.6. The standard InChI is InChI=1S/C8H8BrN3O2S.C6H3BrN2OS/c1-11(14-2)7(13)6-8-12(4-10-6)3-5(9)15-8;7-5-1-9-3-8-4(2-10)6(9)11-5/h3-4H,1-2H3;1-3H. The summed E-state index contributed by atoms with van der Waals surface area (Å²) in [7, 11) is 2.99. The van der Waals surface area contributed by atoms with Crippen LogP contribution in [0.1, 0.15) is 21.0 Å². The monoisotopic (exact) mass is 519 g/mol. The minimum absolute atomic E-state index is 0.255. The molecule has 0 unspecified atom stereocenters. The van der Waals surface area contributed by atoms with E-state index in [4.69, 9.17) is 4.84 Å². The molecule has 0 saturated carbocycles. The second-order valence-corrected chi connectivity index (χ2v) is 9.64. The van der Waals surface area contributed by atoms with Crippen LogP contribution in [-0.4, -0.2) is 50.2 Å². The van der Waals surface area contributed by atoms with Crippen molar-refractivity contribution < 1.29 is 14.4 Å². The summed E-state index contributed by atoms with van der Waals surface area (Å²) >= 11 is 9.63. The molecule has 0 aromatic carbocycles. The number of hydrogen-bond acceptors (Lipinski definition) is 7. The van der Waals surface area contributed by atoms with E-state index >= 15 is 0 Å². The molecule has 136 valence electrons. The van der Waals surface area contributed by atoms with Crippen LogP contribution in [0.25, 0.3) is 9.66 Å². The smallest absolute Gasteiger partial charge is 0.296 e. The van der Waals surface area contributed by atoms with Gasteiger partial charge in [-0.2, -0.15) is 0 Å². The number of carbonyl (C=O) groups excluding carboxylic acids is 2. The predicted molar refractivity (Wildman–Crippen MR) is 106 cm³/mol. The van der Waals surface area contributed by atoms with Gasteiger partial charge < -0.3 is 0 Å². The van der Waals surface area contributed by atoms with Gasteiger partial charge in [-0.25, -0.2) is 15.0 Å². The van der Waals surface area contributed by atoms with Gasteiger partial charge in [-0.15, -0.1) is 22.7 Å². The maximum Gasteiger partial charge on any atom is 0.298 e. The Balaban J connectivity index is 0.000000158. The van der Waals surface area contributed by atoms with Crippen LogP contribution in [0.4, 0.5) is 0 Å². The fraction of sp³-hybridized carbons (Fsp3) is 0.143. The van der Waals surface area contributed by atoms with E-state index in [1.807, 2.05) is 16.8 Å². The van der Waals surface area contributed by atoms with Crippen molar-refractivity contribution in [1.29, 1.82) is 0 Å². The first-order chi connectivity index (χ1) is 12.4. The third-order valence-corrected chi connectivity index (χ3v) is 6.46. The van der Waals surface area contributed by atoms with Gasteiger partial charge in [-0.3, -0.25) is 23.2 Å². The van der Waals surface area contributed by atoms with Crippen molar-refractivity contribution in [2.75, 3.05) is 14.2 Å². The van der Waals surface area contributed by atoms with Gasteiger partial charge >= 0.3 is 0 Å². The van der Waals surface area contributed by atoms with Crippen molar-refractivity contribution in [1.82, 2.24) is 23.8 Å². The molecule has 1 amide bonds. The van der Waals surface area contributed by atoms with Crippen LogP contribution in [0, 0.1) is 0 Å². The van der Waals surface area contributed by atoms with E-state index in [0.29, 0.717) is 11.4 Å². The number of carbonyl (C=O) groups is 2. The molecule has 4 rings (SSSR count). The van der Waals surface area contributed by atoms with Crippen LogP contribution in [-0.2, 0) is 4.84 Å². The molecule has 26 heavy (non-hydrogen) atoms. The third-order valence-electron chi connectivity index (χ3n) is 3.27. The predicted octanol–water partition coefficient (Wildman–Crippen LogP) is 3.76. The van der Waals surface area contributed by atoms with Gasteiger partial charge in [-0.1, -0.05) is 0 Å². The van der Waals surface area contributed by atoms with E-state index in [9.17, 15) is 9.59 Å². The van der Waals surface area contributed by atoms with E-state index in [1.54, 1.807) is 24.1 Å². The first-order valence-electron chi connectivity index (χ1n) is 6.96. The Morgan fingerprint density at radius 1 is 1.15 bits per heavy atom. The highest BCUT2D eigenvalue weighted by atomic mass is 79.9. The highest BCUT2D eigenvalue weighted by molar-refractivity contribution is 9.11. The molecular formula is C14H11Br2N5O3S2.